The van der Waals surface area contributed by atoms with Crippen LogP contribution >= 0.6 is 0 Å². The van der Waals surface area contributed by atoms with E-state index in [1.54, 1.807) is 4.57 Å². The molecule has 0 amide bonds. The van der Waals surface area contributed by atoms with Gasteiger partial charge in [-0.2, -0.15) is 0 Å². The van der Waals surface area contributed by atoms with Gasteiger partial charge >= 0.3 is 0 Å². The van der Waals surface area contributed by atoms with Crippen molar-refractivity contribution < 1.29 is 13.9 Å². The normalized spacial score (nSPS) is 11.3. The summed E-state index contributed by atoms with van der Waals surface area (Å²) in [5.74, 6) is -1.05. The topological polar surface area (TPSA) is 50.9 Å². The zero-order chi connectivity index (χ0) is 14.0. The molecule has 2 aromatic rings. The predicted molar refractivity (Wildman–Crippen MR) is 66.1 cm³/mol. The number of nitrogens with zero attached hydrogens (tertiary/aromatic N) is 3. The molecule has 0 aliphatic rings. The maximum Gasteiger partial charge on any atom is 0.169 e. The summed E-state index contributed by atoms with van der Waals surface area (Å²) in [5.41, 5.74) is 0.0489. The maximum atomic E-state index is 13.8. The maximum absolute atomic E-state index is 13.8. The summed E-state index contributed by atoms with van der Waals surface area (Å²) in [6, 6.07) is 3.91. The van der Waals surface area contributed by atoms with Gasteiger partial charge in [0, 0.05) is 6.54 Å². The Bertz CT molecular complexity index is 581. The van der Waals surface area contributed by atoms with Gasteiger partial charge in [-0.15, -0.1) is 10.2 Å². The average Bonchev–Trinajstić information content (AvgIpc) is 2.75. The van der Waals surface area contributed by atoms with Crippen molar-refractivity contribution in [3.63, 3.8) is 0 Å². The van der Waals surface area contributed by atoms with Gasteiger partial charge in [-0.1, -0.05) is 19.9 Å². The number of halogens is 2. The van der Waals surface area contributed by atoms with Gasteiger partial charge in [-0.05, 0) is 18.1 Å². The third-order valence-corrected chi connectivity index (χ3v) is 2.71. The summed E-state index contributed by atoms with van der Waals surface area (Å²) < 4.78 is 28.7. The lowest BCUT2D eigenvalue weighted by atomic mass is 10.1. The first-order valence-electron chi connectivity index (χ1n) is 6.02. The molecule has 0 bridgehead atoms. The second-order valence-corrected chi connectivity index (χ2v) is 4.70. The first kappa shape index (κ1) is 13.6. The molecule has 0 aliphatic heterocycles. The van der Waals surface area contributed by atoms with Crippen LogP contribution in [0.5, 0.6) is 0 Å². The molecule has 0 saturated heterocycles. The van der Waals surface area contributed by atoms with Gasteiger partial charge in [-0.3, -0.25) is 0 Å². The van der Waals surface area contributed by atoms with Crippen LogP contribution in [0.1, 0.15) is 19.7 Å². The van der Waals surface area contributed by atoms with E-state index in [1.165, 1.54) is 12.1 Å². The highest BCUT2D eigenvalue weighted by atomic mass is 19.2. The lowest BCUT2D eigenvalue weighted by Gasteiger charge is -2.12. The summed E-state index contributed by atoms with van der Waals surface area (Å²) in [6.07, 6.45) is 0. The first-order valence-corrected chi connectivity index (χ1v) is 6.02. The van der Waals surface area contributed by atoms with Crippen molar-refractivity contribution in [3.05, 3.63) is 35.7 Å². The molecule has 102 valence electrons. The minimum absolute atomic E-state index is 0.0489. The number of rotatable bonds is 4. The fourth-order valence-electron chi connectivity index (χ4n) is 1.89. The van der Waals surface area contributed by atoms with E-state index < -0.39 is 11.6 Å². The second kappa shape index (κ2) is 5.44. The van der Waals surface area contributed by atoms with Gasteiger partial charge in [0.1, 0.15) is 6.61 Å². The van der Waals surface area contributed by atoms with Crippen LogP contribution in [-0.4, -0.2) is 19.9 Å². The van der Waals surface area contributed by atoms with Crippen molar-refractivity contribution in [1.82, 2.24) is 14.8 Å². The highest BCUT2D eigenvalue weighted by Crippen LogP contribution is 2.24. The van der Waals surface area contributed by atoms with Crippen LogP contribution in [0.15, 0.2) is 18.2 Å². The molecule has 6 heteroatoms. The van der Waals surface area contributed by atoms with Crippen LogP contribution in [0.2, 0.25) is 0 Å². The number of hydrogen-bond donors (Lipinski definition) is 1. The Labute approximate surface area is 109 Å². The molecule has 0 saturated carbocycles. The number of aliphatic hydroxyl groups excluding tert-OH is 1. The van der Waals surface area contributed by atoms with E-state index in [4.69, 9.17) is 0 Å². The third-order valence-electron chi connectivity index (χ3n) is 2.71. The molecule has 0 unspecified atom stereocenters. The van der Waals surface area contributed by atoms with E-state index >= 15 is 0 Å². The van der Waals surface area contributed by atoms with Gasteiger partial charge in [0.05, 0.1) is 5.56 Å². The molecule has 0 atom stereocenters. The van der Waals surface area contributed by atoms with Gasteiger partial charge in [-0.25, -0.2) is 8.78 Å². The smallest absolute Gasteiger partial charge is 0.169 e. The van der Waals surface area contributed by atoms with Crippen LogP contribution in [0, 0.1) is 17.6 Å². The van der Waals surface area contributed by atoms with Crippen molar-refractivity contribution in [2.75, 3.05) is 0 Å². The Balaban J connectivity index is 2.55. The minimum atomic E-state index is -0.954. The molecule has 1 aromatic heterocycles. The number of aromatic nitrogens is 3. The fraction of sp³-hybridized carbons (Fsp3) is 0.385. The van der Waals surface area contributed by atoms with E-state index in [9.17, 15) is 13.9 Å². The number of aliphatic hydroxyl groups is 1. The van der Waals surface area contributed by atoms with E-state index in [0.29, 0.717) is 12.4 Å². The summed E-state index contributed by atoms with van der Waals surface area (Å²) in [5, 5.41) is 16.9. The van der Waals surface area contributed by atoms with E-state index in [2.05, 4.69) is 10.2 Å². The SMILES string of the molecule is CC(C)Cn1c(CO)nnc1-c1cccc(F)c1F. The average molecular weight is 267 g/mol. The molecule has 1 N–H and O–H groups in total. The Morgan fingerprint density at radius 3 is 2.63 bits per heavy atom. The summed E-state index contributed by atoms with van der Waals surface area (Å²) in [4.78, 5) is 0. The number of benzene rings is 1. The van der Waals surface area contributed by atoms with Gasteiger partial charge < -0.3 is 9.67 Å². The van der Waals surface area contributed by atoms with Gasteiger partial charge in [0.15, 0.2) is 23.3 Å². The monoisotopic (exact) mass is 267 g/mol. The molecule has 4 nitrogen and oxygen atoms in total. The molecule has 0 radical (unpaired) electrons. The molecule has 1 heterocycles. The van der Waals surface area contributed by atoms with Crippen LogP contribution < -0.4 is 0 Å². The molecule has 0 spiro atoms. The van der Waals surface area contributed by atoms with Crippen LogP contribution in [-0.2, 0) is 13.2 Å². The quantitative estimate of drug-likeness (QED) is 0.925. The van der Waals surface area contributed by atoms with Crippen molar-refractivity contribution in [2.45, 2.75) is 27.0 Å². The zero-order valence-electron chi connectivity index (χ0n) is 10.8. The lowest BCUT2D eigenvalue weighted by molar-refractivity contribution is 0.262. The van der Waals surface area contributed by atoms with Crippen molar-refractivity contribution in [1.29, 1.82) is 0 Å². The molecule has 0 aliphatic carbocycles. The molecule has 0 fully saturated rings. The standard InChI is InChI=1S/C13H15F2N3O/c1-8(2)6-18-11(7-19)16-17-13(18)9-4-3-5-10(14)12(9)15/h3-5,8,19H,6-7H2,1-2H3. The van der Waals surface area contributed by atoms with Gasteiger partial charge in [0.25, 0.3) is 0 Å². The summed E-state index contributed by atoms with van der Waals surface area (Å²) >= 11 is 0. The van der Waals surface area contributed by atoms with Gasteiger partial charge in [0.2, 0.25) is 0 Å². The Morgan fingerprint density at radius 1 is 1.26 bits per heavy atom. The van der Waals surface area contributed by atoms with Crippen LogP contribution in [0.4, 0.5) is 8.78 Å². The lowest BCUT2D eigenvalue weighted by Crippen LogP contribution is -2.11. The first-order chi connectivity index (χ1) is 9.04. The molecular weight excluding hydrogens is 252 g/mol. The second-order valence-electron chi connectivity index (χ2n) is 4.70. The van der Waals surface area contributed by atoms with E-state index in [-0.39, 0.29) is 23.9 Å². The zero-order valence-corrected chi connectivity index (χ0v) is 10.8. The van der Waals surface area contributed by atoms with E-state index in [1.807, 2.05) is 13.8 Å². The fourth-order valence-corrected chi connectivity index (χ4v) is 1.89. The van der Waals surface area contributed by atoms with E-state index in [0.717, 1.165) is 6.07 Å². The summed E-state index contributed by atoms with van der Waals surface area (Å²) in [6.45, 7) is 4.19. The molecule has 2 rings (SSSR count). The van der Waals surface area contributed by atoms with Crippen LogP contribution in [0.3, 0.4) is 0 Å². The summed E-state index contributed by atoms with van der Waals surface area (Å²) in [7, 11) is 0. The Morgan fingerprint density at radius 2 is 2.00 bits per heavy atom. The van der Waals surface area contributed by atoms with Crippen LogP contribution in [0.25, 0.3) is 11.4 Å². The van der Waals surface area contributed by atoms with Crippen molar-refractivity contribution in [2.24, 2.45) is 5.92 Å². The Hall–Kier alpha value is -1.82. The highest BCUT2D eigenvalue weighted by molar-refractivity contribution is 5.56. The molecule has 1 aromatic carbocycles. The van der Waals surface area contributed by atoms with Crippen molar-refractivity contribution >= 4 is 0 Å². The predicted octanol–water partition coefficient (Wildman–Crippen LogP) is 2.37. The Kier molecular flexibility index (Phi) is 3.90. The minimum Gasteiger partial charge on any atom is -0.388 e. The molecular formula is C13H15F2N3O. The highest BCUT2D eigenvalue weighted by Gasteiger charge is 2.18. The largest absolute Gasteiger partial charge is 0.388 e. The van der Waals surface area contributed by atoms with Crippen molar-refractivity contribution in [3.8, 4) is 11.4 Å². The number of hydrogen-bond acceptors (Lipinski definition) is 3. The molecule has 19 heavy (non-hydrogen) atoms. The third kappa shape index (κ3) is 2.63.